The third-order valence-corrected chi connectivity index (χ3v) is 3.07. The lowest BCUT2D eigenvalue weighted by atomic mass is 9.92. The van der Waals surface area contributed by atoms with Crippen molar-refractivity contribution < 1.29 is 0 Å². The zero-order valence-electron chi connectivity index (χ0n) is 11.4. The number of aromatic nitrogens is 2. The largest absolute Gasteiger partial charge is 0.303 e. The molecule has 0 fully saturated rings. The smallest absolute Gasteiger partial charge is 0.113 e. The van der Waals surface area contributed by atoms with Crippen LogP contribution in [0.4, 0.5) is 0 Å². The van der Waals surface area contributed by atoms with Crippen molar-refractivity contribution in [2.75, 3.05) is 0 Å². The van der Waals surface area contributed by atoms with Crippen LogP contribution < -0.4 is 0 Å². The number of nitrogens with zero attached hydrogens (tertiary/aromatic N) is 2. The molecule has 2 aromatic rings. The van der Waals surface area contributed by atoms with Crippen molar-refractivity contribution in [2.45, 2.75) is 34.1 Å². The molecule has 0 saturated carbocycles. The van der Waals surface area contributed by atoms with Gasteiger partial charge in [-0.2, -0.15) is 0 Å². The molecule has 0 bridgehead atoms. The Morgan fingerprint density at radius 3 is 2.67 bits per heavy atom. The second-order valence-electron chi connectivity index (χ2n) is 5.88. The molecule has 1 aromatic heterocycles. The maximum absolute atomic E-state index is 6.09. The van der Waals surface area contributed by atoms with Crippen LogP contribution in [0, 0.1) is 12.3 Å². The summed E-state index contributed by atoms with van der Waals surface area (Å²) in [5.41, 5.74) is 2.53. The highest BCUT2D eigenvalue weighted by Crippen LogP contribution is 2.24. The summed E-state index contributed by atoms with van der Waals surface area (Å²) in [7, 11) is 0. The number of rotatable bonds is 2. The van der Waals surface area contributed by atoms with Gasteiger partial charge in [0, 0.05) is 23.8 Å². The van der Waals surface area contributed by atoms with Crippen LogP contribution in [0.3, 0.4) is 0 Å². The van der Waals surface area contributed by atoms with Crippen molar-refractivity contribution in [2.24, 2.45) is 5.41 Å². The van der Waals surface area contributed by atoms with E-state index in [1.807, 2.05) is 30.6 Å². The van der Waals surface area contributed by atoms with Gasteiger partial charge >= 0.3 is 0 Å². The first-order valence-electron chi connectivity index (χ1n) is 6.15. The molecule has 0 saturated heterocycles. The van der Waals surface area contributed by atoms with Gasteiger partial charge in [-0.1, -0.05) is 38.4 Å². The molecule has 0 radical (unpaired) electrons. The zero-order valence-corrected chi connectivity index (χ0v) is 12.1. The molecule has 1 aromatic carbocycles. The van der Waals surface area contributed by atoms with Crippen LogP contribution in [-0.4, -0.2) is 9.55 Å². The average molecular weight is 263 g/mol. The molecule has 96 valence electrons. The summed E-state index contributed by atoms with van der Waals surface area (Å²) in [4.78, 5) is 4.47. The van der Waals surface area contributed by atoms with Gasteiger partial charge in [0.25, 0.3) is 0 Å². The van der Waals surface area contributed by atoms with Crippen LogP contribution in [-0.2, 0) is 6.42 Å². The number of halogens is 1. The minimum absolute atomic E-state index is 0.218. The van der Waals surface area contributed by atoms with Crippen molar-refractivity contribution in [1.82, 2.24) is 9.55 Å². The minimum atomic E-state index is 0.218. The molecule has 0 aliphatic rings. The minimum Gasteiger partial charge on any atom is -0.303 e. The second kappa shape index (κ2) is 4.77. The van der Waals surface area contributed by atoms with Gasteiger partial charge in [0.05, 0.1) is 5.69 Å². The SMILES string of the molecule is Cc1ccc(Cl)cc1-n1ccnc1CC(C)(C)C. The number of aryl methyl sites for hydroxylation is 1. The van der Waals surface area contributed by atoms with E-state index in [4.69, 9.17) is 11.6 Å². The van der Waals surface area contributed by atoms with E-state index in [1.54, 1.807) is 0 Å². The van der Waals surface area contributed by atoms with Crippen LogP contribution >= 0.6 is 11.6 Å². The summed E-state index contributed by atoms with van der Waals surface area (Å²) >= 11 is 6.09. The van der Waals surface area contributed by atoms with Crippen molar-refractivity contribution in [3.8, 4) is 5.69 Å². The molecule has 18 heavy (non-hydrogen) atoms. The number of hydrogen-bond donors (Lipinski definition) is 0. The first-order chi connectivity index (χ1) is 8.37. The van der Waals surface area contributed by atoms with Crippen molar-refractivity contribution in [1.29, 1.82) is 0 Å². The van der Waals surface area contributed by atoms with Gasteiger partial charge in [-0.3, -0.25) is 0 Å². The van der Waals surface area contributed by atoms with E-state index >= 15 is 0 Å². The van der Waals surface area contributed by atoms with Crippen molar-refractivity contribution >= 4 is 11.6 Å². The van der Waals surface area contributed by atoms with E-state index in [0.717, 1.165) is 23.0 Å². The molecule has 0 aliphatic carbocycles. The highest BCUT2D eigenvalue weighted by atomic mass is 35.5. The van der Waals surface area contributed by atoms with Gasteiger partial charge in [-0.05, 0) is 30.0 Å². The van der Waals surface area contributed by atoms with E-state index in [2.05, 4.69) is 37.2 Å². The molecule has 0 spiro atoms. The fourth-order valence-electron chi connectivity index (χ4n) is 2.00. The first-order valence-corrected chi connectivity index (χ1v) is 6.53. The summed E-state index contributed by atoms with van der Waals surface area (Å²) in [6, 6.07) is 5.95. The lowest BCUT2D eigenvalue weighted by Gasteiger charge is -2.19. The zero-order chi connectivity index (χ0) is 13.3. The van der Waals surface area contributed by atoms with E-state index in [9.17, 15) is 0 Å². The normalized spacial score (nSPS) is 11.8. The highest BCUT2D eigenvalue weighted by Gasteiger charge is 2.16. The molecule has 3 heteroatoms. The molecule has 0 aliphatic heterocycles. The Hall–Kier alpha value is -1.28. The van der Waals surface area contributed by atoms with Gasteiger partial charge < -0.3 is 4.57 Å². The summed E-state index contributed by atoms with van der Waals surface area (Å²) in [6.45, 7) is 8.75. The topological polar surface area (TPSA) is 17.8 Å². The molecule has 0 atom stereocenters. The quantitative estimate of drug-likeness (QED) is 0.783. The van der Waals surface area contributed by atoms with E-state index in [-0.39, 0.29) is 5.41 Å². The lowest BCUT2D eigenvalue weighted by Crippen LogP contribution is -2.14. The highest BCUT2D eigenvalue weighted by molar-refractivity contribution is 6.30. The Morgan fingerprint density at radius 2 is 2.00 bits per heavy atom. The molecule has 0 unspecified atom stereocenters. The maximum Gasteiger partial charge on any atom is 0.113 e. The Kier molecular flexibility index (Phi) is 3.49. The predicted molar refractivity (Wildman–Crippen MR) is 76.5 cm³/mol. The van der Waals surface area contributed by atoms with Gasteiger partial charge in [0.2, 0.25) is 0 Å². The molecule has 2 nitrogen and oxygen atoms in total. The molecule has 0 amide bonds. The van der Waals surface area contributed by atoms with Gasteiger partial charge in [0.1, 0.15) is 5.82 Å². The standard InChI is InChI=1S/C15H19ClN2/c1-11-5-6-12(16)9-13(11)18-8-7-17-14(18)10-15(2,3)4/h5-9H,10H2,1-4H3. The first kappa shape index (κ1) is 13.2. The van der Waals surface area contributed by atoms with Crippen LogP contribution in [0.1, 0.15) is 32.2 Å². The Labute approximate surface area is 114 Å². The summed E-state index contributed by atoms with van der Waals surface area (Å²) in [6.07, 6.45) is 4.78. The molecular formula is C15H19ClN2. The molecular weight excluding hydrogens is 244 g/mol. The Bertz CT molecular complexity index is 550. The van der Waals surface area contributed by atoms with Crippen LogP contribution in [0.5, 0.6) is 0 Å². The monoisotopic (exact) mass is 262 g/mol. The predicted octanol–water partition coefficient (Wildman–Crippen LogP) is 4.42. The fraction of sp³-hybridized carbons (Fsp3) is 0.400. The van der Waals surface area contributed by atoms with E-state index in [0.29, 0.717) is 0 Å². The Morgan fingerprint density at radius 1 is 1.28 bits per heavy atom. The van der Waals surface area contributed by atoms with E-state index in [1.165, 1.54) is 5.56 Å². The van der Waals surface area contributed by atoms with Crippen molar-refractivity contribution in [3.05, 3.63) is 47.0 Å². The Balaban J connectivity index is 2.45. The van der Waals surface area contributed by atoms with Gasteiger partial charge in [-0.25, -0.2) is 4.98 Å². The van der Waals surface area contributed by atoms with E-state index < -0.39 is 0 Å². The van der Waals surface area contributed by atoms with Crippen molar-refractivity contribution in [3.63, 3.8) is 0 Å². The van der Waals surface area contributed by atoms with Gasteiger partial charge in [-0.15, -0.1) is 0 Å². The summed E-state index contributed by atoms with van der Waals surface area (Å²) in [5.74, 6) is 1.08. The molecule has 2 rings (SSSR count). The molecule has 1 heterocycles. The average Bonchev–Trinajstić information content (AvgIpc) is 2.67. The third-order valence-electron chi connectivity index (χ3n) is 2.84. The summed E-state index contributed by atoms with van der Waals surface area (Å²) in [5, 5.41) is 0.756. The van der Waals surface area contributed by atoms with Gasteiger partial charge in [0.15, 0.2) is 0 Å². The maximum atomic E-state index is 6.09. The number of imidazole rings is 1. The number of benzene rings is 1. The lowest BCUT2D eigenvalue weighted by molar-refractivity contribution is 0.398. The molecule has 0 N–H and O–H groups in total. The summed E-state index contributed by atoms with van der Waals surface area (Å²) < 4.78 is 2.13. The fourth-order valence-corrected chi connectivity index (χ4v) is 2.17. The third kappa shape index (κ3) is 2.94. The van der Waals surface area contributed by atoms with Crippen LogP contribution in [0.25, 0.3) is 5.69 Å². The van der Waals surface area contributed by atoms with Crippen LogP contribution in [0.15, 0.2) is 30.6 Å². The van der Waals surface area contributed by atoms with Crippen LogP contribution in [0.2, 0.25) is 5.02 Å². The second-order valence-corrected chi connectivity index (χ2v) is 6.32. The number of hydrogen-bond acceptors (Lipinski definition) is 1.